The molecule has 2 heterocycles. The number of rotatable bonds is 0. The predicted octanol–water partition coefficient (Wildman–Crippen LogP) is 0.869. The molecule has 1 fully saturated rings. The smallest absolute Gasteiger partial charge is 0.141 e. The summed E-state index contributed by atoms with van der Waals surface area (Å²) in [5, 5.41) is 0. The number of aryl methyl sites for hydroxylation is 1. The summed E-state index contributed by atoms with van der Waals surface area (Å²) in [5.41, 5.74) is 3.57. The molecule has 0 unspecified atom stereocenters. The fourth-order valence-electron chi connectivity index (χ4n) is 0.448. The molecule has 1 N–H and O–H groups in total. The lowest BCUT2D eigenvalue weighted by Crippen LogP contribution is -1.72. The van der Waals surface area contributed by atoms with Gasteiger partial charge in [0.05, 0.1) is 0 Å². The molecule has 3 heteroatoms. The molecule has 3 nitrogen and oxygen atoms in total. The van der Waals surface area contributed by atoms with Crippen LogP contribution in [0, 0.1) is 6.92 Å². The zero-order valence-corrected chi connectivity index (χ0v) is 5.87. The van der Waals surface area contributed by atoms with Crippen LogP contribution >= 0.6 is 0 Å². The van der Waals surface area contributed by atoms with Crippen molar-refractivity contribution in [3.8, 4) is 0 Å². The molecule has 0 spiro atoms. The lowest BCUT2D eigenvalue weighted by Gasteiger charge is -1.82. The first kappa shape index (κ1) is 7.18. The SMILES string of the molecule is C1NO1.Cc1ccccn1. The molecule has 0 amide bonds. The Hall–Kier alpha value is -0.930. The average molecular weight is 138 g/mol. The quantitative estimate of drug-likeness (QED) is 0.541. The van der Waals surface area contributed by atoms with Gasteiger partial charge in [0.2, 0.25) is 0 Å². The highest BCUT2D eigenvalue weighted by Gasteiger charge is 1.91. The van der Waals surface area contributed by atoms with Gasteiger partial charge in [0.25, 0.3) is 0 Å². The number of hydroxylamine groups is 1. The predicted molar refractivity (Wildman–Crippen MR) is 38.1 cm³/mol. The molecule has 1 saturated heterocycles. The Morgan fingerprint density at radius 3 is 2.50 bits per heavy atom. The van der Waals surface area contributed by atoms with Gasteiger partial charge >= 0.3 is 0 Å². The van der Waals surface area contributed by atoms with Gasteiger partial charge in [-0.15, -0.1) is 0 Å². The summed E-state index contributed by atoms with van der Waals surface area (Å²) in [6, 6.07) is 5.86. The molecule has 2 rings (SSSR count). The van der Waals surface area contributed by atoms with E-state index >= 15 is 0 Å². The minimum atomic E-state index is 0.750. The van der Waals surface area contributed by atoms with Crippen LogP contribution in [0.5, 0.6) is 0 Å². The summed E-state index contributed by atoms with van der Waals surface area (Å²) in [7, 11) is 0. The van der Waals surface area contributed by atoms with Crippen molar-refractivity contribution < 1.29 is 4.84 Å². The first-order valence-electron chi connectivity index (χ1n) is 3.12. The topological polar surface area (TPSA) is 47.4 Å². The molecule has 0 aliphatic carbocycles. The molecule has 0 saturated carbocycles. The minimum Gasteiger partial charge on any atom is -0.282 e. The van der Waals surface area contributed by atoms with E-state index in [4.69, 9.17) is 0 Å². The third kappa shape index (κ3) is 4.00. The Kier molecular flexibility index (Phi) is 2.86. The fraction of sp³-hybridized carbons (Fsp3) is 0.286. The molecule has 1 aliphatic heterocycles. The van der Waals surface area contributed by atoms with Crippen molar-refractivity contribution >= 4 is 0 Å². The van der Waals surface area contributed by atoms with Crippen LogP contribution in [0.4, 0.5) is 0 Å². The first-order chi connectivity index (χ1) is 4.89. The Morgan fingerprint density at radius 2 is 2.30 bits per heavy atom. The van der Waals surface area contributed by atoms with Crippen LogP contribution in [0.3, 0.4) is 0 Å². The van der Waals surface area contributed by atoms with E-state index in [0.717, 1.165) is 12.4 Å². The number of hydrogen-bond donors (Lipinski definition) is 1. The highest BCUT2D eigenvalue weighted by atomic mass is 16.8. The van der Waals surface area contributed by atoms with Crippen LogP contribution in [-0.2, 0) is 4.84 Å². The lowest BCUT2D eigenvalue weighted by molar-refractivity contribution is 0.412. The van der Waals surface area contributed by atoms with Crippen molar-refractivity contribution in [2.24, 2.45) is 0 Å². The normalized spacial score (nSPS) is 13.3. The van der Waals surface area contributed by atoms with Crippen LogP contribution in [0.25, 0.3) is 0 Å². The standard InChI is InChI=1S/C6H7N.CH3NO/c1-6-4-2-3-5-7-6;1-2-3-1/h2-5H,1H3;2H,1H2. The van der Waals surface area contributed by atoms with Gasteiger partial charge in [0.15, 0.2) is 0 Å². The highest BCUT2D eigenvalue weighted by molar-refractivity contribution is 4.99. The highest BCUT2D eigenvalue weighted by Crippen LogP contribution is 1.85. The third-order valence-corrected chi connectivity index (χ3v) is 0.957. The molecule has 1 aliphatic rings. The van der Waals surface area contributed by atoms with Crippen LogP contribution in [0.15, 0.2) is 24.4 Å². The number of nitrogens with one attached hydrogen (secondary N) is 1. The number of nitrogens with zero attached hydrogens (tertiary/aromatic N) is 1. The van der Waals surface area contributed by atoms with Gasteiger partial charge in [-0.25, -0.2) is 0 Å². The van der Waals surface area contributed by atoms with Crippen molar-refractivity contribution in [3.05, 3.63) is 30.1 Å². The Labute approximate surface area is 60.0 Å². The van der Waals surface area contributed by atoms with E-state index in [1.165, 1.54) is 0 Å². The zero-order chi connectivity index (χ0) is 7.23. The molecule has 0 bridgehead atoms. The molecular weight excluding hydrogens is 128 g/mol. The molecule has 0 aromatic carbocycles. The van der Waals surface area contributed by atoms with E-state index in [1.807, 2.05) is 25.1 Å². The molecule has 10 heavy (non-hydrogen) atoms. The van der Waals surface area contributed by atoms with Crippen LogP contribution in [0.1, 0.15) is 5.69 Å². The van der Waals surface area contributed by atoms with Crippen LogP contribution in [0.2, 0.25) is 0 Å². The van der Waals surface area contributed by atoms with Crippen molar-refractivity contribution in [2.75, 3.05) is 6.73 Å². The average Bonchev–Trinajstić information content (AvgIpc) is 2.73. The van der Waals surface area contributed by atoms with Gasteiger partial charge in [0, 0.05) is 11.9 Å². The minimum absolute atomic E-state index is 0.750. The van der Waals surface area contributed by atoms with Gasteiger partial charge < -0.3 is 0 Å². The fourth-order valence-corrected chi connectivity index (χ4v) is 0.448. The van der Waals surface area contributed by atoms with Gasteiger partial charge in [-0.2, -0.15) is 5.48 Å². The van der Waals surface area contributed by atoms with Crippen LogP contribution < -0.4 is 5.48 Å². The van der Waals surface area contributed by atoms with E-state index in [2.05, 4.69) is 15.3 Å². The van der Waals surface area contributed by atoms with Gasteiger partial charge in [-0.05, 0) is 19.1 Å². The second kappa shape index (κ2) is 3.98. The summed E-state index contributed by atoms with van der Waals surface area (Å²) < 4.78 is 0. The third-order valence-electron chi connectivity index (χ3n) is 0.957. The summed E-state index contributed by atoms with van der Waals surface area (Å²) >= 11 is 0. The Morgan fingerprint density at radius 1 is 1.60 bits per heavy atom. The zero-order valence-electron chi connectivity index (χ0n) is 5.87. The monoisotopic (exact) mass is 138 g/mol. The summed E-state index contributed by atoms with van der Waals surface area (Å²) in [6.45, 7) is 2.72. The Balaban J connectivity index is 0.000000138. The van der Waals surface area contributed by atoms with Crippen molar-refractivity contribution in [1.82, 2.24) is 10.5 Å². The van der Waals surface area contributed by atoms with Crippen molar-refractivity contribution in [3.63, 3.8) is 0 Å². The van der Waals surface area contributed by atoms with Gasteiger partial charge in [0.1, 0.15) is 6.73 Å². The Bertz CT molecular complexity index is 171. The number of pyridine rings is 1. The molecular formula is C7H10N2O. The summed E-state index contributed by atoms with van der Waals surface area (Å²) in [4.78, 5) is 8.23. The lowest BCUT2D eigenvalue weighted by atomic mass is 10.4. The van der Waals surface area contributed by atoms with E-state index in [1.54, 1.807) is 6.20 Å². The second-order valence-electron chi connectivity index (χ2n) is 1.90. The van der Waals surface area contributed by atoms with Crippen LogP contribution in [-0.4, -0.2) is 11.7 Å². The maximum atomic E-state index is 4.25. The molecule has 1 aromatic heterocycles. The van der Waals surface area contributed by atoms with Gasteiger partial charge in [-0.1, -0.05) is 6.07 Å². The molecule has 0 atom stereocenters. The van der Waals surface area contributed by atoms with Crippen molar-refractivity contribution in [2.45, 2.75) is 6.92 Å². The maximum Gasteiger partial charge on any atom is 0.141 e. The van der Waals surface area contributed by atoms with E-state index < -0.39 is 0 Å². The maximum absolute atomic E-state index is 4.25. The molecule has 0 radical (unpaired) electrons. The number of aromatic nitrogens is 1. The van der Waals surface area contributed by atoms with E-state index in [0.29, 0.717) is 0 Å². The van der Waals surface area contributed by atoms with Gasteiger partial charge in [-0.3, -0.25) is 9.82 Å². The largest absolute Gasteiger partial charge is 0.282 e. The van der Waals surface area contributed by atoms with E-state index in [9.17, 15) is 0 Å². The summed E-state index contributed by atoms with van der Waals surface area (Å²) in [6.07, 6.45) is 1.79. The summed E-state index contributed by atoms with van der Waals surface area (Å²) in [5.74, 6) is 0. The van der Waals surface area contributed by atoms with Crippen molar-refractivity contribution in [1.29, 1.82) is 0 Å². The molecule has 1 aromatic rings. The second-order valence-corrected chi connectivity index (χ2v) is 1.90. The first-order valence-corrected chi connectivity index (χ1v) is 3.12. The number of hydrogen-bond acceptors (Lipinski definition) is 3. The molecule has 54 valence electrons. The van der Waals surface area contributed by atoms with E-state index in [-0.39, 0.29) is 0 Å².